The minimum atomic E-state index is -3.72. The van der Waals surface area contributed by atoms with E-state index in [9.17, 15) is 13.2 Å². The monoisotopic (exact) mass is 388 g/mol. The van der Waals surface area contributed by atoms with E-state index in [1.165, 1.54) is 32.2 Å². The lowest BCUT2D eigenvalue weighted by Crippen LogP contribution is -2.45. The van der Waals surface area contributed by atoms with Crippen LogP contribution in [0, 0.1) is 0 Å². The zero-order chi connectivity index (χ0) is 19.5. The second kappa shape index (κ2) is 7.70. The van der Waals surface area contributed by atoms with Crippen LogP contribution in [0.5, 0.6) is 5.75 Å². The molecule has 3 rings (SSSR count). The first-order chi connectivity index (χ1) is 12.9. The Balaban J connectivity index is 1.81. The Hall–Kier alpha value is -2.38. The Labute approximate surface area is 160 Å². The van der Waals surface area contributed by atoms with Crippen molar-refractivity contribution in [3.8, 4) is 5.75 Å². The summed E-state index contributed by atoms with van der Waals surface area (Å²) in [6.07, 6.45) is 3.00. The molecule has 2 aromatic carbocycles. The van der Waals surface area contributed by atoms with Crippen molar-refractivity contribution in [3.63, 3.8) is 0 Å². The molecule has 1 amide bonds. The van der Waals surface area contributed by atoms with Crippen molar-refractivity contribution in [1.82, 2.24) is 4.72 Å². The third-order valence-corrected chi connectivity index (χ3v) is 6.49. The van der Waals surface area contributed by atoms with Crippen LogP contribution in [0.15, 0.2) is 53.4 Å². The lowest BCUT2D eigenvalue weighted by Gasteiger charge is -2.42. The summed E-state index contributed by atoms with van der Waals surface area (Å²) in [6, 6.07) is 14.4. The van der Waals surface area contributed by atoms with E-state index in [4.69, 9.17) is 4.74 Å². The number of hydrogen-bond donors (Lipinski definition) is 2. The van der Waals surface area contributed by atoms with E-state index in [0.717, 1.165) is 24.8 Å². The molecular weight excluding hydrogens is 364 g/mol. The predicted molar refractivity (Wildman–Crippen MR) is 104 cm³/mol. The van der Waals surface area contributed by atoms with Gasteiger partial charge in [0.25, 0.3) is 0 Å². The highest BCUT2D eigenvalue weighted by Crippen LogP contribution is 2.43. The van der Waals surface area contributed by atoms with Crippen LogP contribution in [0.1, 0.15) is 31.7 Å². The molecule has 1 fully saturated rings. The summed E-state index contributed by atoms with van der Waals surface area (Å²) in [5.74, 6) is 0.109. The van der Waals surface area contributed by atoms with E-state index in [2.05, 4.69) is 22.2 Å². The van der Waals surface area contributed by atoms with Crippen LogP contribution in [0.2, 0.25) is 0 Å². The molecule has 27 heavy (non-hydrogen) atoms. The first-order valence-electron chi connectivity index (χ1n) is 8.87. The van der Waals surface area contributed by atoms with Crippen molar-refractivity contribution < 1.29 is 17.9 Å². The zero-order valence-corrected chi connectivity index (χ0v) is 16.3. The minimum Gasteiger partial charge on any atom is -0.495 e. The Kier molecular flexibility index (Phi) is 5.53. The standard InChI is InChI=1S/C20H24N2O4S/c1-15(23)22-18-13-17(9-10-19(18)26-2)27(24,25)21-14-20(11-6-12-20)16-7-4-3-5-8-16/h3-5,7-10,13,21H,6,11-12,14H2,1-2H3,(H,22,23). The zero-order valence-electron chi connectivity index (χ0n) is 15.5. The second-order valence-corrected chi connectivity index (χ2v) is 8.63. The van der Waals surface area contributed by atoms with E-state index in [0.29, 0.717) is 18.0 Å². The lowest BCUT2D eigenvalue weighted by molar-refractivity contribution is -0.114. The van der Waals surface area contributed by atoms with Gasteiger partial charge in [0, 0.05) is 18.9 Å². The van der Waals surface area contributed by atoms with E-state index in [1.54, 1.807) is 0 Å². The Morgan fingerprint density at radius 2 is 1.85 bits per heavy atom. The van der Waals surface area contributed by atoms with E-state index < -0.39 is 10.0 Å². The number of ether oxygens (including phenoxy) is 1. The molecule has 0 aromatic heterocycles. The van der Waals surface area contributed by atoms with Gasteiger partial charge in [0.05, 0.1) is 17.7 Å². The first kappa shape index (κ1) is 19.4. The van der Waals surface area contributed by atoms with Gasteiger partial charge in [-0.3, -0.25) is 4.79 Å². The van der Waals surface area contributed by atoms with Gasteiger partial charge >= 0.3 is 0 Å². The number of carbonyl (C=O) groups excluding carboxylic acids is 1. The van der Waals surface area contributed by atoms with Crippen LogP contribution in [0.4, 0.5) is 5.69 Å². The lowest BCUT2D eigenvalue weighted by atomic mass is 9.64. The number of nitrogens with one attached hydrogen (secondary N) is 2. The van der Waals surface area contributed by atoms with Crippen molar-refractivity contribution in [2.75, 3.05) is 19.0 Å². The fraction of sp³-hybridized carbons (Fsp3) is 0.350. The molecule has 0 heterocycles. The smallest absolute Gasteiger partial charge is 0.240 e. The van der Waals surface area contributed by atoms with Crippen molar-refractivity contribution >= 4 is 21.6 Å². The molecule has 0 unspecified atom stereocenters. The van der Waals surface area contributed by atoms with Crippen molar-refractivity contribution in [2.24, 2.45) is 0 Å². The summed E-state index contributed by atoms with van der Waals surface area (Å²) in [4.78, 5) is 11.5. The molecule has 0 radical (unpaired) electrons. The quantitative estimate of drug-likeness (QED) is 0.763. The Morgan fingerprint density at radius 3 is 2.41 bits per heavy atom. The van der Waals surface area contributed by atoms with Gasteiger partial charge in [0.1, 0.15) is 5.75 Å². The maximum atomic E-state index is 12.8. The molecule has 7 heteroatoms. The molecule has 0 atom stereocenters. The fourth-order valence-electron chi connectivity index (χ4n) is 3.42. The molecule has 0 aliphatic heterocycles. The summed E-state index contributed by atoms with van der Waals surface area (Å²) >= 11 is 0. The molecule has 1 saturated carbocycles. The number of sulfonamides is 1. The van der Waals surface area contributed by atoms with Crippen LogP contribution < -0.4 is 14.8 Å². The SMILES string of the molecule is COc1ccc(S(=O)(=O)NCC2(c3ccccc3)CCC2)cc1NC(C)=O. The van der Waals surface area contributed by atoms with Crippen LogP contribution >= 0.6 is 0 Å². The average molecular weight is 388 g/mol. The topological polar surface area (TPSA) is 84.5 Å². The predicted octanol–water partition coefficient (Wildman–Crippen LogP) is 3.05. The summed E-state index contributed by atoms with van der Waals surface area (Å²) in [6.45, 7) is 1.71. The maximum absolute atomic E-state index is 12.8. The van der Waals surface area contributed by atoms with Crippen LogP contribution in [0.3, 0.4) is 0 Å². The second-order valence-electron chi connectivity index (χ2n) is 6.87. The fourth-order valence-corrected chi connectivity index (χ4v) is 4.57. The molecule has 0 spiro atoms. The normalized spacial score (nSPS) is 15.6. The number of amides is 1. The average Bonchev–Trinajstić information content (AvgIpc) is 2.61. The molecule has 6 nitrogen and oxygen atoms in total. The van der Waals surface area contributed by atoms with Gasteiger partial charge in [-0.05, 0) is 36.6 Å². The number of benzene rings is 2. The first-order valence-corrected chi connectivity index (χ1v) is 10.4. The van der Waals surface area contributed by atoms with Gasteiger partial charge in [-0.2, -0.15) is 0 Å². The summed E-state index contributed by atoms with van der Waals surface area (Å²) < 4.78 is 33.6. The van der Waals surface area contributed by atoms with Crippen molar-refractivity contribution in [3.05, 3.63) is 54.1 Å². The number of anilines is 1. The van der Waals surface area contributed by atoms with Gasteiger partial charge in [-0.25, -0.2) is 13.1 Å². The molecule has 1 aliphatic rings. The van der Waals surface area contributed by atoms with Gasteiger partial charge in [-0.1, -0.05) is 36.8 Å². The summed E-state index contributed by atoms with van der Waals surface area (Å²) in [5.41, 5.74) is 1.34. The van der Waals surface area contributed by atoms with Crippen LogP contribution in [-0.4, -0.2) is 28.0 Å². The molecule has 2 aromatic rings. The van der Waals surface area contributed by atoms with E-state index in [-0.39, 0.29) is 16.2 Å². The maximum Gasteiger partial charge on any atom is 0.240 e. The third-order valence-electron chi connectivity index (χ3n) is 5.09. The number of hydrogen-bond acceptors (Lipinski definition) is 4. The van der Waals surface area contributed by atoms with Gasteiger partial charge in [0.15, 0.2) is 0 Å². The summed E-state index contributed by atoms with van der Waals surface area (Å²) in [5, 5.41) is 2.60. The highest BCUT2D eigenvalue weighted by Gasteiger charge is 2.39. The Bertz CT molecular complexity index is 922. The minimum absolute atomic E-state index is 0.0922. The van der Waals surface area contributed by atoms with Crippen molar-refractivity contribution in [1.29, 1.82) is 0 Å². The number of carbonyl (C=O) groups is 1. The third kappa shape index (κ3) is 4.14. The van der Waals surface area contributed by atoms with Gasteiger partial charge < -0.3 is 10.1 Å². The van der Waals surface area contributed by atoms with Crippen LogP contribution in [-0.2, 0) is 20.2 Å². The number of rotatable bonds is 7. The highest BCUT2D eigenvalue weighted by molar-refractivity contribution is 7.89. The van der Waals surface area contributed by atoms with Gasteiger partial charge in [0.2, 0.25) is 15.9 Å². The molecule has 144 valence electrons. The summed E-state index contributed by atoms with van der Waals surface area (Å²) in [7, 11) is -2.25. The molecule has 0 saturated heterocycles. The van der Waals surface area contributed by atoms with Gasteiger partial charge in [-0.15, -0.1) is 0 Å². The van der Waals surface area contributed by atoms with E-state index in [1.807, 2.05) is 18.2 Å². The molecular formula is C20H24N2O4S. The highest BCUT2D eigenvalue weighted by atomic mass is 32.2. The molecule has 1 aliphatic carbocycles. The van der Waals surface area contributed by atoms with Crippen molar-refractivity contribution in [2.45, 2.75) is 36.5 Å². The number of methoxy groups -OCH3 is 1. The largest absolute Gasteiger partial charge is 0.495 e. The van der Waals surface area contributed by atoms with E-state index >= 15 is 0 Å². The molecule has 2 N–H and O–H groups in total. The Morgan fingerprint density at radius 1 is 1.15 bits per heavy atom. The van der Waals surface area contributed by atoms with Crippen LogP contribution in [0.25, 0.3) is 0 Å². The molecule has 0 bridgehead atoms.